The minimum absolute atomic E-state index is 0.101. The molecule has 26 heavy (non-hydrogen) atoms. The fourth-order valence-electron chi connectivity index (χ4n) is 2.09. The van der Waals surface area contributed by atoms with Gasteiger partial charge in [-0.25, -0.2) is 4.79 Å². The summed E-state index contributed by atoms with van der Waals surface area (Å²) in [5.41, 5.74) is 0.568. The topological polar surface area (TPSA) is 105 Å². The van der Waals surface area contributed by atoms with Crippen LogP contribution in [-0.4, -0.2) is 17.0 Å². The van der Waals surface area contributed by atoms with Crippen LogP contribution in [0.5, 0.6) is 11.5 Å². The van der Waals surface area contributed by atoms with Crippen LogP contribution in [-0.2, 0) is 16.2 Å². The minimum Gasteiger partial charge on any atom is -0.426 e. The Kier molecular flexibility index (Phi) is 6.67. The van der Waals surface area contributed by atoms with E-state index in [0.717, 1.165) is 0 Å². The average Bonchev–Trinajstić information content (AvgIpc) is 2.61. The molecule has 8 nitrogen and oxygen atoms in total. The predicted molar refractivity (Wildman–Crippen MR) is 90.2 cm³/mol. The van der Waals surface area contributed by atoms with Crippen LogP contribution < -0.4 is 9.47 Å². The number of rotatable bonds is 8. The van der Waals surface area contributed by atoms with Crippen LogP contribution in [0, 0.1) is 10.1 Å². The lowest BCUT2D eigenvalue weighted by Gasteiger charge is -2.10. The second-order valence-corrected chi connectivity index (χ2v) is 5.25. The Balaban J connectivity index is 2.11. The molecular weight excluding hydrogens is 342 g/mol. The quantitative estimate of drug-likeness (QED) is 0.308. The summed E-state index contributed by atoms with van der Waals surface area (Å²) in [5.74, 6) is -0.846. The van der Waals surface area contributed by atoms with Crippen molar-refractivity contribution in [2.75, 3.05) is 0 Å². The van der Waals surface area contributed by atoms with Gasteiger partial charge in [0.2, 0.25) is 0 Å². The monoisotopic (exact) mass is 359 g/mol. The SMILES string of the molecule is CCCC(=O)Oc1ccccc1C(=O)Oc1cccc(CO[N+](=O)[O-])c1. The molecule has 0 radical (unpaired) electrons. The second-order valence-electron chi connectivity index (χ2n) is 5.25. The summed E-state index contributed by atoms with van der Waals surface area (Å²) < 4.78 is 10.5. The number of hydrogen-bond acceptors (Lipinski definition) is 7. The van der Waals surface area contributed by atoms with E-state index in [0.29, 0.717) is 12.0 Å². The van der Waals surface area contributed by atoms with Crippen LogP contribution in [0.1, 0.15) is 35.7 Å². The molecule has 2 aromatic rings. The maximum atomic E-state index is 12.4. The average molecular weight is 359 g/mol. The number of nitrogens with zero attached hydrogens (tertiary/aromatic N) is 1. The van der Waals surface area contributed by atoms with E-state index in [-0.39, 0.29) is 30.1 Å². The van der Waals surface area contributed by atoms with E-state index >= 15 is 0 Å². The number of hydrogen-bond donors (Lipinski definition) is 0. The second kappa shape index (κ2) is 9.16. The summed E-state index contributed by atoms with van der Waals surface area (Å²) in [6.45, 7) is 1.58. The standard InChI is InChI=1S/C18H17NO7/c1-2-6-17(20)26-16-10-4-3-9-15(16)18(21)25-14-8-5-7-13(11-14)12-24-19(22)23/h3-5,7-11H,2,6,12H2,1H3. The molecule has 0 amide bonds. The molecule has 0 aromatic heterocycles. The van der Waals surface area contributed by atoms with E-state index in [9.17, 15) is 19.7 Å². The molecule has 0 atom stereocenters. The van der Waals surface area contributed by atoms with Gasteiger partial charge in [-0.05, 0) is 36.2 Å². The Hall–Kier alpha value is -3.42. The van der Waals surface area contributed by atoms with E-state index in [2.05, 4.69) is 4.84 Å². The Morgan fingerprint density at radius 3 is 2.58 bits per heavy atom. The van der Waals surface area contributed by atoms with Crippen LogP contribution in [0.25, 0.3) is 0 Å². The first kappa shape index (κ1) is 18.9. The van der Waals surface area contributed by atoms with Crippen molar-refractivity contribution in [3.05, 3.63) is 69.8 Å². The van der Waals surface area contributed by atoms with Gasteiger partial charge in [-0.1, -0.05) is 31.2 Å². The van der Waals surface area contributed by atoms with Gasteiger partial charge < -0.3 is 14.3 Å². The summed E-state index contributed by atoms with van der Waals surface area (Å²) in [4.78, 5) is 38.6. The van der Waals surface area contributed by atoms with Crippen molar-refractivity contribution in [2.45, 2.75) is 26.4 Å². The van der Waals surface area contributed by atoms with Gasteiger partial charge in [-0.3, -0.25) is 4.79 Å². The zero-order valence-electron chi connectivity index (χ0n) is 14.0. The Morgan fingerprint density at radius 2 is 1.85 bits per heavy atom. The largest absolute Gasteiger partial charge is 0.426 e. The molecule has 0 unspecified atom stereocenters. The maximum absolute atomic E-state index is 12.4. The first-order chi connectivity index (χ1) is 12.5. The van der Waals surface area contributed by atoms with Crippen LogP contribution in [0.3, 0.4) is 0 Å². The molecule has 0 aliphatic carbocycles. The van der Waals surface area contributed by atoms with Gasteiger partial charge in [-0.15, -0.1) is 10.1 Å². The molecule has 0 aliphatic heterocycles. The lowest BCUT2D eigenvalue weighted by Crippen LogP contribution is -2.14. The van der Waals surface area contributed by atoms with Crippen molar-refractivity contribution in [3.8, 4) is 11.5 Å². The third-order valence-electron chi connectivity index (χ3n) is 3.23. The van der Waals surface area contributed by atoms with Crippen molar-refractivity contribution >= 4 is 11.9 Å². The van der Waals surface area contributed by atoms with Gasteiger partial charge in [0.05, 0.1) is 0 Å². The van der Waals surface area contributed by atoms with Crippen LogP contribution in [0.2, 0.25) is 0 Å². The number of esters is 2. The molecule has 0 saturated heterocycles. The van der Waals surface area contributed by atoms with E-state index in [1.165, 1.54) is 24.3 Å². The highest BCUT2D eigenvalue weighted by Gasteiger charge is 2.17. The molecule has 0 aliphatic rings. The highest BCUT2D eigenvalue weighted by Crippen LogP contribution is 2.22. The molecule has 0 bridgehead atoms. The number of ether oxygens (including phenoxy) is 2. The molecule has 2 aromatic carbocycles. The number of carbonyl (C=O) groups is 2. The fraction of sp³-hybridized carbons (Fsp3) is 0.222. The van der Waals surface area contributed by atoms with Crippen molar-refractivity contribution < 1.29 is 29.0 Å². The molecule has 136 valence electrons. The Bertz CT molecular complexity index is 804. The van der Waals surface area contributed by atoms with Crippen molar-refractivity contribution in [2.24, 2.45) is 0 Å². The summed E-state index contributed by atoms with van der Waals surface area (Å²) in [5, 5.41) is 9.35. The van der Waals surface area contributed by atoms with E-state index in [4.69, 9.17) is 9.47 Å². The lowest BCUT2D eigenvalue weighted by atomic mass is 10.2. The van der Waals surface area contributed by atoms with Gasteiger partial charge >= 0.3 is 11.9 Å². The molecule has 0 fully saturated rings. The third-order valence-corrected chi connectivity index (χ3v) is 3.23. The van der Waals surface area contributed by atoms with Crippen LogP contribution in [0.4, 0.5) is 0 Å². The van der Waals surface area contributed by atoms with Gasteiger partial charge in [0.15, 0.2) is 0 Å². The molecule has 0 spiro atoms. The van der Waals surface area contributed by atoms with E-state index in [1.54, 1.807) is 24.3 Å². The fourth-order valence-corrected chi connectivity index (χ4v) is 2.09. The third kappa shape index (κ3) is 5.59. The maximum Gasteiger partial charge on any atom is 0.347 e. The minimum atomic E-state index is -0.903. The van der Waals surface area contributed by atoms with Crippen molar-refractivity contribution in [3.63, 3.8) is 0 Å². The summed E-state index contributed by atoms with van der Waals surface area (Å²) in [6.07, 6.45) is 0.867. The first-order valence-electron chi connectivity index (χ1n) is 7.87. The lowest BCUT2D eigenvalue weighted by molar-refractivity contribution is -0.763. The Labute approximate surface area is 149 Å². The van der Waals surface area contributed by atoms with Gasteiger partial charge in [-0.2, -0.15) is 0 Å². The predicted octanol–water partition coefficient (Wildman–Crippen LogP) is 3.32. The molecular formula is C18H17NO7. The zero-order chi connectivity index (χ0) is 18.9. The summed E-state index contributed by atoms with van der Waals surface area (Å²) in [7, 11) is 0. The number of benzene rings is 2. The first-order valence-corrected chi connectivity index (χ1v) is 7.87. The molecule has 0 N–H and O–H groups in total. The molecule has 8 heteroatoms. The van der Waals surface area contributed by atoms with Crippen molar-refractivity contribution in [1.82, 2.24) is 0 Å². The van der Waals surface area contributed by atoms with Gasteiger partial charge in [0.1, 0.15) is 23.7 Å². The van der Waals surface area contributed by atoms with Crippen LogP contribution in [0.15, 0.2) is 48.5 Å². The zero-order valence-corrected chi connectivity index (χ0v) is 14.0. The number of carbonyl (C=O) groups excluding carboxylic acids is 2. The molecule has 0 heterocycles. The Morgan fingerprint density at radius 1 is 1.08 bits per heavy atom. The normalized spacial score (nSPS) is 10.0. The summed E-state index contributed by atoms with van der Waals surface area (Å²) in [6, 6.07) is 12.4. The van der Waals surface area contributed by atoms with Crippen LogP contribution >= 0.6 is 0 Å². The number of para-hydroxylation sites is 1. The summed E-state index contributed by atoms with van der Waals surface area (Å²) >= 11 is 0. The van der Waals surface area contributed by atoms with Crippen molar-refractivity contribution in [1.29, 1.82) is 0 Å². The highest BCUT2D eigenvalue weighted by atomic mass is 16.9. The van der Waals surface area contributed by atoms with Gasteiger partial charge in [0.25, 0.3) is 5.09 Å². The van der Waals surface area contributed by atoms with Gasteiger partial charge in [0, 0.05) is 6.42 Å². The smallest absolute Gasteiger partial charge is 0.347 e. The van der Waals surface area contributed by atoms with E-state index < -0.39 is 17.0 Å². The van der Waals surface area contributed by atoms with E-state index in [1.807, 2.05) is 6.92 Å². The highest BCUT2D eigenvalue weighted by molar-refractivity contribution is 5.94. The molecule has 2 rings (SSSR count). The molecule has 0 saturated carbocycles.